The van der Waals surface area contributed by atoms with Crippen molar-refractivity contribution in [3.05, 3.63) is 0 Å². The number of ether oxygens (including phenoxy) is 1. The Morgan fingerprint density at radius 3 is 2.95 bits per heavy atom. The number of nitrogens with zero attached hydrogens (tertiary/aromatic N) is 2. The standard InChI is InChI=1S/C14H24N2O3/c1-4-5-15(11-14(17)18)9-13-10-16(6-7-19-13)8-12(2)3/h1,12-13H,5-11H2,2-3H3,(H,17,18). The van der Waals surface area contributed by atoms with E-state index in [-0.39, 0.29) is 12.6 Å². The molecular weight excluding hydrogens is 244 g/mol. The summed E-state index contributed by atoms with van der Waals surface area (Å²) in [4.78, 5) is 14.9. The summed E-state index contributed by atoms with van der Waals surface area (Å²) < 4.78 is 5.70. The average Bonchev–Trinajstić information content (AvgIpc) is 2.27. The predicted octanol–water partition coefficient (Wildman–Crippen LogP) is 0.363. The maximum absolute atomic E-state index is 10.8. The number of carboxylic acid groups (broad SMARTS) is 1. The van der Waals surface area contributed by atoms with E-state index < -0.39 is 5.97 Å². The Morgan fingerprint density at radius 1 is 1.63 bits per heavy atom. The van der Waals surface area contributed by atoms with E-state index in [2.05, 4.69) is 24.7 Å². The van der Waals surface area contributed by atoms with E-state index >= 15 is 0 Å². The molecule has 1 aliphatic heterocycles. The van der Waals surface area contributed by atoms with E-state index in [1.165, 1.54) is 0 Å². The molecule has 1 unspecified atom stereocenters. The van der Waals surface area contributed by atoms with Gasteiger partial charge in [0.25, 0.3) is 0 Å². The van der Waals surface area contributed by atoms with E-state index in [9.17, 15) is 4.79 Å². The van der Waals surface area contributed by atoms with Crippen LogP contribution in [-0.4, -0.2) is 72.9 Å². The molecule has 0 bridgehead atoms. The summed E-state index contributed by atoms with van der Waals surface area (Å²) in [7, 11) is 0. The third-order valence-electron chi connectivity index (χ3n) is 2.98. The van der Waals surface area contributed by atoms with Crippen molar-refractivity contribution in [1.29, 1.82) is 0 Å². The minimum absolute atomic E-state index is 0.0335. The Bertz CT molecular complexity index is 325. The topological polar surface area (TPSA) is 53.0 Å². The number of rotatable bonds is 7. The number of hydrogen-bond acceptors (Lipinski definition) is 4. The lowest BCUT2D eigenvalue weighted by molar-refractivity contribution is -0.138. The van der Waals surface area contributed by atoms with Crippen LogP contribution in [0.2, 0.25) is 0 Å². The lowest BCUT2D eigenvalue weighted by Gasteiger charge is -2.35. The predicted molar refractivity (Wildman–Crippen MR) is 73.9 cm³/mol. The van der Waals surface area contributed by atoms with Crippen LogP contribution in [0.3, 0.4) is 0 Å². The first-order chi connectivity index (χ1) is 9.01. The molecule has 0 aromatic rings. The highest BCUT2D eigenvalue weighted by molar-refractivity contribution is 5.69. The van der Waals surface area contributed by atoms with Gasteiger partial charge in [-0.2, -0.15) is 0 Å². The van der Waals surface area contributed by atoms with Gasteiger partial charge in [-0.05, 0) is 5.92 Å². The van der Waals surface area contributed by atoms with Gasteiger partial charge in [-0.3, -0.25) is 14.6 Å². The van der Waals surface area contributed by atoms with Gasteiger partial charge >= 0.3 is 5.97 Å². The molecule has 19 heavy (non-hydrogen) atoms. The maximum Gasteiger partial charge on any atom is 0.317 e. The fraction of sp³-hybridized carbons (Fsp3) is 0.786. The van der Waals surface area contributed by atoms with Crippen molar-refractivity contribution in [3.63, 3.8) is 0 Å². The van der Waals surface area contributed by atoms with Crippen molar-refractivity contribution in [2.24, 2.45) is 5.92 Å². The first-order valence-electron chi connectivity index (χ1n) is 6.72. The van der Waals surface area contributed by atoms with E-state index in [4.69, 9.17) is 16.3 Å². The largest absolute Gasteiger partial charge is 0.480 e. The zero-order valence-corrected chi connectivity index (χ0v) is 11.8. The molecule has 5 heteroatoms. The van der Waals surface area contributed by atoms with Crippen LogP contribution in [0.15, 0.2) is 0 Å². The number of carbonyl (C=O) groups is 1. The summed E-state index contributed by atoms with van der Waals surface area (Å²) >= 11 is 0. The molecule has 5 nitrogen and oxygen atoms in total. The van der Waals surface area contributed by atoms with Crippen molar-refractivity contribution in [3.8, 4) is 12.3 Å². The van der Waals surface area contributed by atoms with Gasteiger partial charge in [-0.15, -0.1) is 6.42 Å². The molecule has 1 aliphatic rings. The van der Waals surface area contributed by atoms with Crippen molar-refractivity contribution in [1.82, 2.24) is 9.80 Å². The minimum Gasteiger partial charge on any atom is -0.480 e. The van der Waals surface area contributed by atoms with Crippen LogP contribution in [0.1, 0.15) is 13.8 Å². The summed E-state index contributed by atoms with van der Waals surface area (Å²) in [6.45, 7) is 8.82. The Balaban J connectivity index is 2.44. The van der Waals surface area contributed by atoms with Gasteiger partial charge in [0.2, 0.25) is 0 Å². The Labute approximate surface area is 115 Å². The SMILES string of the molecule is C#CCN(CC(=O)O)CC1CN(CC(C)C)CCO1. The van der Waals surface area contributed by atoms with E-state index in [0.717, 1.165) is 19.6 Å². The van der Waals surface area contributed by atoms with E-state index in [1.807, 2.05) is 0 Å². The quantitative estimate of drug-likeness (QED) is 0.676. The normalized spacial score (nSPS) is 20.7. The highest BCUT2D eigenvalue weighted by Crippen LogP contribution is 2.09. The Morgan fingerprint density at radius 2 is 2.37 bits per heavy atom. The fourth-order valence-corrected chi connectivity index (χ4v) is 2.37. The summed E-state index contributed by atoms with van der Waals surface area (Å²) in [5.41, 5.74) is 0. The zero-order valence-electron chi connectivity index (χ0n) is 11.8. The molecule has 0 radical (unpaired) electrons. The van der Waals surface area contributed by atoms with Crippen molar-refractivity contribution in [2.75, 3.05) is 45.9 Å². The fourth-order valence-electron chi connectivity index (χ4n) is 2.37. The molecule has 1 heterocycles. The summed E-state index contributed by atoms with van der Waals surface area (Å²) in [6, 6.07) is 0. The van der Waals surface area contributed by atoms with Crippen LogP contribution >= 0.6 is 0 Å². The third kappa shape index (κ3) is 6.58. The lowest BCUT2D eigenvalue weighted by atomic mass is 10.1. The first kappa shape index (κ1) is 16.0. The first-order valence-corrected chi connectivity index (χ1v) is 6.72. The molecule has 1 rings (SSSR count). The monoisotopic (exact) mass is 268 g/mol. The second kappa shape index (κ2) is 8.16. The highest BCUT2D eigenvalue weighted by Gasteiger charge is 2.23. The second-order valence-corrected chi connectivity index (χ2v) is 5.41. The molecule has 1 saturated heterocycles. The molecule has 1 atom stereocenters. The lowest BCUT2D eigenvalue weighted by Crippen LogP contribution is -2.49. The molecule has 1 fully saturated rings. The molecule has 0 aliphatic carbocycles. The van der Waals surface area contributed by atoms with Crippen LogP contribution in [-0.2, 0) is 9.53 Å². The van der Waals surface area contributed by atoms with Gasteiger partial charge in [-0.1, -0.05) is 19.8 Å². The average molecular weight is 268 g/mol. The van der Waals surface area contributed by atoms with E-state index in [0.29, 0.717) is 25.6 Å². The molecule has 0 amide bonds. The minimum atomic E-state index is -0.856. The van der Waals surface area contributed by atoms with Gasteiger partial charge in [0.1, 0.15) is 0 Å². The molecular formula is C14H24N2O3. The Hall–Kier alpha value is -1.09. The van der Waals surface area contributed by atoms with Crippen LogP contribution in [0, 0.1) is 18.3 Å². The molecule has 1 N–H and O–H groups in total. The maximum atomic E-state index is 10.8. The van der Waals surface area contributed by atoms with Crippen LogP contribution in [0.25, 0.3) is 0 Å². The smallest absolute Gasteiger partial charge is 0.317 e. The number of aliphatic carboxylic acids is 1. The highest BCUT2D eigenvalue weighted by atomic mass is 16.5. The zero-order chi connectivity index (χ0) is 14.3. The van der Waals surface area contributed by atoms with Crippen LogP contribution < -0.4 is 0 Å². The number of carboxylic acids is 1. The molecule has 108 valence electrons. The van der Waals surface area contributed by atoms with Crippen molar-refractivity contribution < 1.29 is 14.6 Å². The second-order valence-electron chi connectivity index (χ2n) is 5.41. The Kier molecular flexibility index (Phi) is 6.85. The molecule has 0 spiro atoms. The molecule has 0 aromatic carbocycles. The number of hydrogen-bond donors (Lipinski definition) is 1. The van der Waals surface area contributed by atoms with E-state index in [1.54, 1.807) is 4.90 Å². The summed E-state index contributed by atoms with van der Waals surface area (Å²) in [5, 5.41) is 8.85. The van der Waals surface area contributed by atoms with Crippen molar-refractivity contribution >= 4 is 5.97 Å². The number of terminal acetylenes is 1. The number of morpholine rings is 1. The van der Waals surface area contributed by atoms with Crippen molar-refractivity contribution in [2.45, 2.75) is 20.0 Å². The van der Waals surface area contributed by atoms with Gasteiger partial charge in [0.15, 0.2) is 0 Å². The van der Waals surface area contributed by atoms with Gasteiger partial charge in [-0.25, -0.2) is 0 Å². The van der Waals surface area contributed by atoms with Gasteiger partial charge in [0.05, 0.1) is 25.8 Å². The molecule has 0 saturated carbocycles. The third-order valence-corrected chi connectivity index (χ3v) is 2.98. The van der Waals surface area contributed by atoms with Gasteiger partial charge in [0, 0.05) is 26.2 Å². The molecule has 0 aromatic heterocycles. The van der Waals surface area contributed by atoms with Crippen LogP contribution in [0.4, 0.5) is 0 Å². The summed E-state index contributed by atoms with van der Waals surface area (Å²) in [6.07, 6.45) is 5.31. The van der Waals surface area contributed by atoms with Gasteiger partial charge < -0.3 is 9.84 Å². The van der Waals surface area contributed by atoms with Crippen LogP contribution in [0.5, 0.6) is 0 Å². The summed E-state index contributed by atoms with van der Waals surface area (Å²) in [5.74, 6) is 2.27.